The van der Waals surface area contributed by atoms with Crippen LogP contribution in [0.2, 0.25) is 0 Å². The predicted molar refractivity (Wildman–Crippen MR) is 135 cm³/mol. The minimum Gasteiger partial charge on any atom is -0.465 e. The third-order valence-corrected chi connectivity index (χ3v) is 5.89. The van der Waals surface area contributed by atoms with E-state index < -0.39 is 18.1 Å². The Morgan fingerprint density at radius 3 is 2.47 bits per heavy atom. The average Bonchev–Trinajstić information content (AvgIpc) is 3.46. The van der Waals surface area contributed by atoms with Crippen molar-refractivity contribution in [2.75, 3.05) is 6.61 Å². The van der Waals surface area contributed by atoms with Gasteiger partial charge in [-0.1, -0.05) is 29.5 Å². The zero-order valence-corrected chi connectivity index (χ0v) is 20.8. The van der Waals surface area contributed by atoms with Crippen LogP contribution in [-0.2, 0) is 22.7 Å². The van der Waals surface area contributed by atoms with Gasteiger partial charge in [-0.2, -0.15) is 0 Å². The highest BCUT2D eigenvalue weighted by Crippen LogP contribution is 2.23. The van der Waals surface area contributed by atoms with Crippen molar-refractivity contribution in [1.82, 2.24) is 24.6 Å². The number of pyridine rings is 1. The molecule has 1 aliphatic rings. The van der Waals surface area contributed by atoms with Crippen LogP contribution in [0.3, 0.4) is 0 Å². The molecule has 0 bridgehead atoms. The van der Waals surface area contributed by atoms with Crippen molar-refractivity contribution in [3.8, 4) is 11.4 Å². The fourth-order valence-corrected chi connectivity index (χ4v) is 3.98. The van der Waals surface area contributed by atoms with Crippen molar-refractivity contribution in [2.24, 2.45) is 0 Å². The van der Waals surface area contributed by atoms with Crippen LogP contribution < -0.4 is 10.3 Å². The number of aromatic nitrogens is 4. The van der Waals surface area contributed by atoms with Gasteiger partial charge in [0.1, 0.15) is 18.1 Å². The number of benzene rings is 2. The van der Waals surface area contributed by atoms with E-state index in [1.165, 1.54) is 0 Å². The molecule has 0 N–H and O–H groups in total. The molecule has 0 saturated carbocycles. The van der Waals surface area contributed by atoms with E-state index >= 15 is 0 Å². The lowest BCUT2D eigenvalue weighted by Crippen LogP contribution is -2.29. The van der Waals surface area contributed by atoms with Gasteiger partial charge in [-0.25, -0.2) is 4.68 Å². The first-order valence-electron chi connectivity index (χ1n) is 12.0. The lowest BCUT2D eigenvalue weighted by atomic mass is 10.1. The van der Waals surface area contributed by atoms with Crippen molar-refractivity contribution in [2.45, 2.75) is 33.3 Å². The van der Waals surface area contributed by atoms with Crippen molar-refractivity contribution in [3.05, 3.63) is 106 Å². The van der Waals surface area contributed by atoms with Gasteiger partial charge in [-0.15, -0.1) is 10.2 Å². The molecular formula is C27H25N5O6. The molecular weight excluding hydrogens is 490 g/mol. The van der Waals surface area contributed by atoms with Crippen LogP contribution in [0.15, 0.2) is 77.9 Å². The SMILES string of the molecule is Cc1cccn(-c2cccc(OC(C)OCCn3cc(CON4C(=O)c5ccccc5C4=O)nn3)c2)c1=O. The summed E-state index contributed by atoms with van der Waals surface area (Å²) in [4.78, 5) is 42.6. The normalized spacial score (nSPS) is 13.6. The zero-order valence-electron chi connectivity index (χ0n) is 20.8. The molecule has 1 atom stereocenters. The van der Waals surface area contributed by atoms with Crippen LogP contribution in [0, 0.1) is 6.92 Å². The van der Waals surface area contributed by atoms with Gasteiger partial charge in [-0.3, -0.25) is 23.8 Å². The van der Waals surface area contributed by atoms with Gasteiger partial charge < -0.3 is 9.47 Å². The second-order valence-corrected chi connectivity index (χ2v) is 8.62. The molecule has 4 aromatic rings. The zero-order chi connectivity index (χ0) is 26.6. The summed E-state index contributed by atoms with van der Waals surface area (Å²) in [5.41, 5.74) is 2.34. The van der Waals surface area contributed by atoms with Gasteiger partial charge in [0, 0.05) is 17.8 Å². The number of carbonyl (C=O) groups is 2. The van der Waals surface area contributed by atoms with E-state index in [1.807, 2.05) is 18.2 Å². The maximum Gasteiger partial charge on any atom is 0.285 e. The van der Waals surface area contributed by atoms with Crippen LogP contribution >= 0.6 is 0 Å². The molecule has 2 amide bonds. The van der Waals surface area contributed by atoms with Crippen molar-refractivity contribution in [1.29, 1.82) is 0 Å². The number of hydrogen-bond donors (Lipinski definition) is 0. The number of nitrogens with zero attached hydrogens (tertiary/aromatic N) is 5. The Morgan fingerprint density at radius 1 is 0.947 bits per heavy atom. The average molecular weight is 516 g/mol. The Balaban J connectivity index is 1.10. The number of amides is 2. The molecule has 11 heteroatoms. The highest BCUT2D eigenvalue weighted by molar-refractivity contribution is 6.20. The quantitative estimate of drug-likeness (QED) is 0.234. The Kier molecular flexibility index (Phi) is 7.11. The second-order valence-electron chi connectivity index (χ2n) is 8.62. The molecule has 0 saturated heterocycles. The van der Waals surface area contributed by atoms with Gasteiger partial charge in [0.05, 0.1) is 36.2 Å². The number of hydroxylamine groups is 2. The van der Waals surface area contributed by atoms with E-state index in [-0.39, 0.29) is 12.2 Å². The number of fused-ring (bicyclic) bond motifs is 1. The molecule has 0 radical (unpaired) electrons. The third-order valence-electron chi connectivity index (χ3n) is 5.89. The van der Waals surface area contributed by atoms with Gasteiger partial charge in [0.25, 0.3) is 17.4 Å². The van der Waals surface area contributed by atoms with Crippen molar-refractivity contribution >= 4 is 11.8 Å². The highest BCUT2D eigenvalue weighted by atomic mass is 16.7. The van der Waals surface area contributed by atoms with E-state index in [9.17, 15) is 14.4 Å². The first kappa shape index (κ1) is 25.1. The minimum absolute atomic E-state index is 0.0877. The molecule has 5 rings (SSSR count). The lowest BCUT2D eigenvalue weighted by molar-refractivity contribution is -0.102. The Hall–Kier alpha value is -4.61. The van der Waals surface area contributed by atoms with Gasteiger partial charge in [0.15, 0.2) is 6.29 Å². The van der Waals surface area contributed by atoms with Crippen LogP contribution in [0.25, 0.3) is 5.69 Å². The summed E-state index contributed by atoms with van der Waals surface area (Å²) in [5.74, 6) is -0.439. The van der Waals surface area contributed by atoms with Crippen molar-refractivity contribution in [3.63, 3.8) is 0 Å². The molecule has 1 aliphatic heterocycles. The first-order chi connectivity index (χ1) is 18.4. The molecule has 0 aliphatic carbocycles. The topological polar surface area (TPSA) is 118 Å². The first-order valence-corrected chi connectivity index (χ1v) is 12.0. The van der Waals surface area contributed by atoms with E-state index in [1.54, 1.807) is 78.0 Å². The summed E-state index contributed by atoms with van der Waals surface area (Å²) >= 11 is 0. The van der Waals surface area contributed by atoms with Gasteiger partial charge >= 0.3 is 0 Å². The number of imide groups is 1. The molecule has 1 unspecified atom stereocenters. The molecule has 3 heterocycles. The molecule has 2 aromatic heterocycles. The smallest absolute Gasteiger partial charge is 0.285 e. The Labute approximate surface area is 217 Å². The summed E-state index contributed by atoms with van der Waals surface area (Å²) in [6.07, 6.45) is 2.81. The van der Waals surface area contributed by atoms with E-state index in [2.05, 4.69) is 10.3 Å². The molecule has 2 aromatic carbocycles. The molecule has 11 nitrogen and oxygen atoms in total. The maximum atomic E-state index is 12.4. The number of carbonyl (C=O) groups excluding carboxylic acids is 2. The van der Waals surface area contributed by atoms with E-state index in [0.29, 0.717) is 47.0 Å². The van der Waals surface area contributed by atoms with Crippen LogP contribution in [0.1, 0.15) is 38.9 Å². The second kappa shape index (κ2) is 10.8. The number of rotatable bonds is 10. The molecule has 0 spiro atoms. The number of aryl methyl sites for hydroxylation is 1. The van der Waals surface area contributed by atoms with E-state index in [4.69, 9.17) is 14.3 Å². The molecule has 194 valence electrons. The van der Waals surface area contributed by atoms with Crippen LogP contribution in [0.5, 0.6) is 5.75 Å². The minimum atomic E-state index is -0.556. The van der Waals surface area contributed by atoms with Crippen molar-refractivity contribution < 1.29 is 23.9 Å². The highest BCUT2D eigenvalue weighted by Gasteiger charge is 2.36. The summed E-state index contributed by atoms with van der Waals surface area (Å²) in [6.45, 7) is 4.14. The number of ether oxygens (including phenoxy) is 2. The largest absolute Gasteiger partial charge is 0.465 e. The maximum absolute atomic E-state index is 12.4. The third kappa shape index (κ3) is 5.24. The van der Waals surface area contributed by atoms with Gasteiger partial charge in [0.2, 0.25) is 0 Å². The van der Waals surface area contributed by atoms with Crippen LogP contribution in [0.4, 0.5) is 0 Å². The Bertz CT molecular complexity index is 1510. The predicted octanol–water partition coefficient (Wildman–Crippen LogP) is 2.91. The van der Waals surface area contributed by atoms with Crippen LogP contribution in [-0.4, -0.2) is 49.3 Å². The fraction of sp³-hybridized carbons (Fsp3) is 0.222. The summed E-state index contributed by atoms with van der Waals surface area (Å²) in [5, 5.41) is 8.79. The fourth-order valence-electron chi connectivity index (χ4n) is 3.98. The standard InChI is InChI=1S/C27H25N5O6/c1-18-7-6-12-31(25(18)33)21-8-5-9-22(15-21)38-19(2)36-14-13-30-16-20(28-29-30)17-37-32-26(34)23-10-3-4-11-24(23)27(32)35/h3-12,15-16,19H,13-14,17H2,1-2H3. The lowest BCUT2D eigenvalue weighted by Gasteiger charge is -2.16. The molecule has 0 fully saturated rings. The monoisotopic (exact) mass is 515 g/mol. The van der Waals surface area contributed by atoms with Gasteiger partial charge in [-0.05, 0) is 44.2 Å². The number of hydrogen-bond acceptors (Lipinski definition) is 8. The Morgan fingerprint density at radius 2 is 1.71 bits per heavy atom. The molecule has 38 heavy (non-hydrogen) atoms. The summed E-state index contributed by atoms with van der Waals surface area (Å²) < 4.78 is 14.7. The summed E-state index contributed by atoms with van der Waals surface area (Å²) in [6, 6.07) is 17.4. The van der Waals surface area contributed by atoms with E-state index in [0.717, 1.165) is 5.06 Å². The summed E-state index contributed by atoms with van der Waals surface area (Å²) in [7, 11) is 0.